The molecule has 1 aromatic rings. The molecule has 1 fully saturated rings. The molecule has 0 radical (unpaired) electrons. The van der Waals surface area contributed by atoms with Gasteiger partial charge in [-0.1, -0.05) is 0 Å². The van der Waals surface area contributed by atoms with Crippen molar-refractivity contribution in [1.29, 1.82) is 0 Å². The van der Waals surface area contributed by atoms with E-state index in [-0.39, 0.29) is 18.5 Å². The number of carbonyl (C=O) groups is 2. The van der Waals surface area contributed by atoms with E-state index >= 15 is 0 Å². The van der Waals surface area contributed by atoms with Crippen LogP contribution in [-0.4, -0.2) is 58.1 Å². The van der Waals surface area contributed by atoms with Crippen molar-refractivity contribution in [2.45, 2.75) is 31.7 Å². The Morgan fingerprint density at radius 1 is 1.43 bits per heavy atom. The van der Waals surface area contributed by atoms with Gasteiger partial charge in [-0.3, -0.25) is 9.78 Å². The van der Waals surface area contributed by atoms with Crippen molar-refractivity contribution < 1.29 is 14.7 Å². The van der Waals surface area contributed by atoms with Crippen molar-refractivity contribution in [3.8, 4) is 0 Å². The predicted molar refractivity (Wildman–Crippen MR) is 77.9 cm³/mol. The van der Waals surface area contributed by atoms with E-state index in [1.807, 2.05) is 12.1 Å². The molecule has 1 aliphatic heterocycles. The van der Waals surface area contributed by atoms with Crippen molar-refractivity contribution in [1.82, 2.24) is 14.8 Å². The van der Waals surface area contributed by atoms with E-state index in [1.54, 1.807) is 29.2 Å². The Kier molecular flexibility index (Phi) is 5.14. The van der Waals surface area contributed by atoms with Gasteiger partial charge in [0, 0.05) is 38.6 Å². The highest BCUT2D eigenvalue weighted by Gasteiger charge is 2.31. The van der Waals surface area contributed by atoms with Crippen LogP contribution in [-0.2, 0) is 11.2 Å². The molecule has 6 heteroatoms. The van der Waals surface area contributed by atoms with Crippen LogP contribution in [0.1, 0.15) is 24.8 Å². The van der Waals surface area contributed by atoms with Gasteiger partial charge in [-0.15, -0.1) is 0 Å². The van der Waals surface area contributed by atoms with Gasteiger partial charge in [0.05, 0.1) is 6.42 Å². The Bertz CT molecular complexity index is 492. The number of hydrogen-bond acceptors (Lipinski definition) is 3. The first kappa shape index (κ1) is 15.3. The van der Waals surface area contributed by atoms with E-state index in [0.717, 1.165) is 24.8 Å². The maximum absolute atomic E-state index is 12.4. The summed E-state index contributed by atoms with van der Waals surface area (Å²) >= 11 is 0. The minimum atomic E-state index is -0.848. The molecule has 0 bridgehead atoms. The zero-order chi connectivity index (χ0) is 15.2. The normalized spacial score (nSPS) is 17.8. The first-order valence-electron chi connectivity index (χ1n) is 7.20. The summed E-state index contributed by atoms with van der Waals surface area (Å²) in [4.78, 5) is 30.6. The van der Waals surface area contributed by atoms with Crippen LogP contribution in [0, 0.1) is 0 Å². The van der Waals surface area contributed by atoms with Crippen molar-refractivity contribution in [3.05, 3.63) is 30.1 Å². The van der Waals surface area contributed by atoms with Gasteiger partial charge < -0.3 is 14.9 Å². The Morgan fingerprint density at radius 2 is 2.14 bits per heavy atom. The quantitative estimate of drug-likeness (QED) is 0.894. The molecule has 1 aromatic heterocycles. The molecule has 1 atom stereocenters. The number of aromatic nitrogens is 1. The number of rotatable bonds is 5. The largest absolute Gasteiger partial charge is 0.481 e. The number of urea groups is 1. The third kappa shape index (κ3) is 4.18. The average Bonchev–Trinajstić information content (AvgIpc) is 2.92. The summed E-state index contributed by atoms with van der Waals surface area (Å²) in [6.07, 6.45) is 5.92. The summed E-state index contributed by atoms with van der Waals surface area (Å²) in [5.74, 6) is -0.848. The van der Waals surface area contributed by atoms with Gasteiger partial charge in [-0.05, 0) is 37.0 Å². The summed E-state index contributed by atoms with van der Waals surface area (Å²) in [7, 11) is 1.76. The lowest BCUT2D eigenvalue weighted by Gasteiger charge is -2.29. The number of hydrogen-bond donors (Lipinski definition) is 1. The molecule has 1 saturated heterocycles. The lowest BCUT2D eigenvalue weighted by molar-refractivity contribution is -0.138. The molecule has 2 heterocycles. The van der Waals surface area contributed by atoms with Crippen molar-refractivity contribution in [2.24, 2.45) is 0 Å². The number of amides is 2. The zero-order valence-corrected chi connectivity index (χ0v) is 12.2. The standard InChI is InChI=1S/C15H21N3O3/c1-17(10-6-12-4-7-16-8-5-12)15(21)18-9-2-3-13(18)11-14(19)20/h4-5,7-8,13H,2-3,6,9-11H2,1H3,(H,19,20). The van der Waals surface area contributed by atoms with Gasteiger partial charge in [-0.25, -0.2) is 4.79 Å². The summed E-state index contributed by atoms with van der Waals surface area (Å²) in [6, 6.07) is 3.62. The Labute approximate surface area is 124 Å². The third-order valence-corrected chi connectivity index (χ3v) is 3.84. The fraction of sp³-hybridized carbons (Fsp3) is 0.533. The van der Waals surface area contributed by atoms with Crippen LogP contribution in [0.4, 0.5) is 4.79 Å². The topological polar surface area (TPSA) is 73.7 Å². The maximum atomic E-state index is 12.4. The Morgan fingerprint density at radius 3 is 2.81 bits per heavy atom. The number of pyridine rings is 1. The summed E-state index contributed by atoms with van der Waals surface area (Å²) < 4.78 is 0. The molecule has 0 spiro atoms. The van der Waals surface area contributed by atoms with Crippen LogP contribution in [0.2, 0.25) is 0 Å². The van der Waals surface area contributed by atoms with E-state index in [9.17, 15) is 9.59 Å². The molecule has 0 aromatic carbocycles. The van der Waals surface area contributed by atoms with E-state index in [4.69, 9.17) is 5.11 Å². The lowest BCUT2D eigenvalue weighted by Crippen LogP contribution is -2.45. The number of nitrogens with zero attached hydrogens (tertiary/aromatic N) is 3. The van der Waals surface area contributed by atoms with Crippen LogP contribution in [0.25, 0.3) is 0 Å². The van der Waals surface area contributed by atoms with Gasteiger partial charge in [0.15, 0.2) is 0 Å². The van der Waals surface area contributed by atoms with Crippen LogP contribution in [0.5, 0.6) is 0 Å². The first-order valence-corrected chi connectivity index (χ1v) is 7.20. The SMILES string of the molecule is CN(CCc1ccncc1)C(=O)N1CCCC1CC(=O)O. The van der Waals surface area contributed by atoms with Crippen molar-refractivity contribution in [2.75, 3.05) is 20.1 Å². The highest BCUT2D eigenvalue weighted by atomic mass is 16.4. The van der Waals surface area contributed by atoms with Crippen LogP contribution >= 0.6 is 0 Å². The molecule has 2 amide bonds. The lowest BCUT2D eigenvalue weighted by atomic mass is 10.1. The minimum Gasteiger partial charge on any atom is -0.481 e. The van der Waals surface area contributed by atoms with Gasteiger partial charge in [0.1, 0.15) is 0 Å². The second-order valence-electron chi connectivity index (χ2n) is 5.40. The fourth-order valence-corrected chi connectivity index (χ4v) is 2.66. The molecule has 114 valence electrons. The number of likely N-dealkylation sites (tertiary alicyclic amines) is 1. The Hall–Kier alpha value is -2.11. The summed E-state index contributed by atoms with van der Waals surface area (Å²) in [5, 5.41) is 8.91. The Balaban J connectivity index is 1.88. The average molecular weight is 291 g/mol. The van der Waals surface area contributed by atoms with E-state index in [1.165, 1.54) is 0 Å². The van der Waals surface area contributed by atoms with Crippen LogP contribution < -0.4 is 0 Å². The molecule has 1 N–H and O–H groups in total. The molecule has 0 saturated carbocycles. The maximum Gasteiger partial charge on any atom is 0.320 e. The fourth-order valence-electron chi connectivity index (χ4n) is 2.66. The zero-order valence-electron chi connectivity index (χ0n) is 12.2. The number of likely N-dealkylation sites (N-methyl/N-ethyl adjacent to an activating group) is 1. The third-order valence-electron chi connectivity index (χ3n) is 3.84. The second kappa shape index (κ2) is 7.06. The van der Waals surface area contributed by atoms with E-state index < -0.39 is 5.97 Å². The molecule has 1 aliphatic rings. The van der Waals surface area contributed by atoms with Crippen LogP contribution in [0.3, 0.4) is 0 Å². The second-order valence-corrected chi connectivity index (χ2v) is 5.40. The van der Waals surface area contributed by atoms with Gasteiger partial charge in [0.2, 0.25) is 0 Å². The van der Waals surface area contributed by atoms with Crippen LogP contribution in [0.15, 0.2) is 24.5 Å². The van der Waals surface area contributed by atoms with Crippen molar-refractivity contribution in [3.63, 3.8) is 0 Å². The van der Waals surface area contributed by atoms with Gasteiger partial charge in [0.25, 0.3) is 0 Å². The molecule has 1 unspecified atom stereocenters. The summed E-state index contributed by atoms with van der Waals surface area (Å²) in [6.45, 7) is 1.26. The highest BCUT2D eigenvalue weighted by Crippen LogP contribution is 2.21. The number of carbonyl (C=O) groups excluding carboxylic acids is 1. The number of carboxylic acids is 1. The van der Waals surface area contributed by atoms with Gasteiger partial charge >= 0.3 is 12.0 Å². The minimum absolute atomic E-state index is 0.0317. The number of carboxylic acid groups (broad SMARTS) is 1. The predicted octanol–water partition coefficient (Wildman–Crippen LogP) is 1.62. The molecule has 6 nitrogen and oxygen atoms in total. The number of aliphatic carboxylic acids is 1. The monoisotopic (exact) mass is 291 g/mol. The van der Waals surface area contributed by atoms with E-state index in [0.29, 0.717) is 13.1 Å². The van der Waals surface area contributed by atoms with Gasteiger partial charge in [-0.2, -0.15) is 0 Å². The summed E-state index contributed by atoms with van der Waals surface area (Å²) in [5.41, 5.74) is 1.13. The smallest absolute Gasteiger partial charge is 0.320 e. The highest BCUT2D eigenvalue weighted by molar-refractivity contribution is 5.76. The van der Waals surface area contributed by atoms with Crippen molar-refractivity contribution >= 4 is 12.0 Å². The van der Waals surface area contributed by atoms with E-state index in [2.05, 4.69) is 4.98 Å². The molecular formula is C15H21N3O3. The first-order chi connectivity index (χ1) is 10.1. The molecule has 0 aliphatic carbocycles. The molecule has 21 heavy (non-hydrogen) atoms. The molecule has 2 rings (SSSR count). The molecular weight excluding hydrogens is 270 g/mol.